The number of rotatable bonds is 5. The number of aryl methyl sites for hydroxylation is 1. The molecule has 0 aliphatic heterocycles. The summed E-state index contributed by atoms with van der Waals surface area (Å²) < 4.78 is 4.15. The summed E-state index contributed by atoms with van der Waals surface area (Å²) in [7, 11) is 0. The van der Waals surface area contributed by atoms with Crippen molar-refractivity contribution in [3.8, 4) is 0 Å². The second-order valence-electron chi connectivity index (χ2n) is 2.46. The first-order chi connectivity index (χ1) is 6.36. The molecule has 3 N–H and O–H groups in total. The van der Waals surface area contributed by atoms with Crippen LogP contribution in [0.25, 0.3) is 0 Å². The van der Waals surface area contributed by atoms with Gasteiger partial charge in [-0.1, -0.05) is 19.1 Å². The molecule has 0 spiro atoms. The minimum Gasteiger partial charge on any atom is -0.357 e. The smallest absolute Gasteiger partial charge is 0.202 e. The van der Waals surface area contributed by atoms with Gasteiger partial charge in [0.25, 0.3) is 0 Å². The van der Waals surface area contributed by atoms with Crippen molar-refractivity contribution in [3.63, 3.8) is 0 Å². The first kappa shape index (κ1) is 10.1. The highest BCUT2D eigenvalue weighted by Crippen LogP contribution is 2.10. The number of aromatic nitrogens is 2. The van der Waals surface area contributed by atoms with E-state index in [1.165, 1.54) is 11.5 Å². The third-order valence-electron chi connectivity index (χ3n) is 1.46. The van der Waals surface area contributed by atoms with Crippen LogP contribution in [-0.4, -0.2) is 22.4 Å². The zero-order chi connectivity index (χ0) is 9.52. The van der Waals surface area contributed by atoms with E-state index in [0.29, 0.717) is 6.54 Å². The van der Waals surface area contributed by atoms with E-state index in [0.717, 1.165) is 23.9 Å². The Morgan fingerprint density at radius 2 is 2.38 bits per heavy atom. The molecule has 0 atom stereocenters. The summed E-state index contributed by atoms with van der Waals surface area (Å²) in [4.78, 5) is 4.26. The highest BCUT2D eigenvalue weighted by molar-refractivity contribution is 7.09. The van der Waals surface area contributed by atoms with E-state index in [4.69, 9.17) is 5.73 Å². The van der Waals surface area contributed by atoms with Crippen LogP contribution in [0.2, 0.25) is 0 Å². The van der Waals surface area contributed by atoms with Gasteiger partial charge in [-0.25, -0.2) is 4.98 Å². The average Bonchev–Trinajstić information content (AvgIpc) is 2.60. The van der Waals surface area contributed by atoms with Gasteiger partial charge in [0.2, 0.25) is 5.13 Å². The molecular weight excluding hydrogens is 184 g/mol. The lowest BCUT2D eigenvalue weighted by molar-refractivity contribution is 0.998. The molecule has 0 aliphatic carbocycles. The maximum Gasteiger partial charge on any atom is 0.202 e. The van der Waals surface area contributed by atoms with Gasteiger partial charge in [-0.3, -0.25) is 0 Å². The topological polar surface area (TPSA) is 63.8 Å². The Labute approximate surface area is 82.0 Å². The van der Waals surface area contributed by atoms with Gasteiger partial charge in [-0.2, -0.15) is 4.37 Å². The van der Waals surface area contributed by atoms with Crippen LogP contribution < -0.4 is 11.1 Å². The summed E-state index contributed by atoms with van der Waals surface area (Å²) in [6.45, 7) is 3.38. The third kappa shape index (κ3) is 3.52. The van der Waals surface area contributed by atoms with Crippen molar-refractivity contribution in [3.05, 3.63) is 18.0 Å². The number of nitrogens with two attached hydrogens (primary N) is 1. The SMILES string of the molecule is CCc1nsc(NC/C=C/CN)n1. The van der Waals surface area contributed by atoms with E-state index >= 15 is 0 Å². The highest BCUT2D eigenvalue weighted by atomic mass is 32.1. The standard InChI is InChI=1S/C8H14N4S/c1-2-7-11-8(13-12-7)10-6-4-3-5-9/h3-4H,2,5-6,9H2,1H3,(H,10,11,12)/b4-3+. The fraction of sp³-hybridized carbons (Fsp3) is 0.500. The fourth-order valence-corrected chi connectivity index (χ4v) is 1.45. The Morgan fingerprint density at radius 3 is 3.00 bits per heavy atom. The van der Waals surface area contributed by atoms with Crippen molar-refractivity contribution in [1.82, 2.24) is 9.36 Å². The molecule has 13 heavy (non-hydrogen) atoms. The fourth-order valence-electron chi connectivity index (χ4n) is 0.795. The Hall–Kier alpha value is -0.940. The Bertz CT molecular complexity index is 269. The average molecular weight is 198 g/mol. The summed E-state index contributed by atoms with van der Waals surface area (Å²) in [5.41, 5.74) is 5.29. The Morgan fingerprint density at radius 1 is 1.54 bits per heavy atom. The normalized spacial score (nSPS) is 10.9. The molecule has 0 bridgehead atoms. The molecule has 5 heteroatoms. The zero-order valence-corrected chi connectivity index (χ0v) is 8.47. The van der Waals surface area contributed by atoms with Gasteiger partial charge in [0.15, 0.2) is 0 Å². The molecule has 0 saturated carbocycles. The van der Waals surface area contributed by atoms with E-state index in [2.05, 4.69) is 14.7 Å². The van der Waals surface area contributed by atoms with Crippen molar-refractivity contribution in [2.75, 3.05) is 18.4 Å². The lowest BCUT2D eigenvalue weighted by atomic mass is 10.5. The maximum absolute atomic E-state index is 5.29. The molecule has 1 rings (SSSR count). The van der Waals surface area contributed by atoms with Crippen molar-refractivity contribution < 1.29 is 0 Å². The van der Waals surface area contributed by atoms with E-state index in [1.807, 2.05) is 19.1 Å². The number of hydrogen-bond donors (Lipinski definition) is 2. The second kappa shape index (κ2) is 5.66. The molecule has 0 aromatic carbocycles. The molecule has 1 heterocycles. The van der Waals surface area contributed by atoms with Crippen LogP contribution in [-0.2, 0) is 6.42 Å². The van der Waals surface area contributed by atoms with E-state index in [1.54, 1.807) is 0 Å². The van der Waals surface area contributed by atoms with Crippen molar-refractivity contribution >= 4 is 16.7 Å². The van der Waals surface area contributed by atoms with Gasteiger partial charge in [0.1, 0.15) is 5.82 Å². The van der Waals surface area contributed by atoms with Gasteiger partial charge in [0.05, 0.1) is 0 Å². The molecule has 0 fully saturated rings. The third-order valence-corrected chi connectivity index (χ3v) is 2.17. The van der Waals surface area contributed by atoms with Gasteiger partial charge in [-0.05, 0) is 0 Å². The van der Waals surface area contributed by atoms with Gasteiger partial charge >= 0.3 is 0 Å². The predicted octanol–water partition coefficient (Wildman–Crippen LogP) is 1.03. The minimum absolute atomic E-state index is 0.581. The summed E-state index contributed by atoms with van der Waals surface area (Å²) in [6.07, 6.45) is 4.78. The van der Waals surface area contributed by atoms with E-state index < -0.39 is 0 Å². The number of nitrogens with one attached hydrogen (secondary N) is 1. The molecule has 1 aromatic heterocycles. The van der Waals surface area contributed by atoms with E-state index in [9.17, 15) is 0 Å². The summed E-state index contributed by atoms with van der Waals surface area (Å²) >= 11 is 1.39. The lowest BCUT2D eigenvalue weighted by Gasteiger charge is -1.94. The molecule has 1 aromatic rings. The van der Waals surface area contributed by atoms with Crippen molar-refractivity contribution in [2.24, 2.45) is 5.73 Å². The van der Waals surface area contributed by atoms with Gasteiger partial charge in [0, 0.05) is 31.0 Å². The van der Waals surface area contributed by atoms with Crippen LogP contribution in [0.4, 0.5) is 5.13 Å². The van der Waals surface area contributed by atoms with Gasteiger partial charge in [-0.15, -0.1) is 0 Å². The summed E-state index contributed by atoms with van der Waals surface area (Å²) in [5.74, 6) is 0.898. The minimum atomic E-state index is 0.581. The number of hydrogen-bond acceptors (Lipinski definition) is 5. The van der Waals surface area contributed by atoms with Crippen LogP contribution in [0.1, 0.15) is 12.7 Å². The first-order valence-electron chi connectivity index (χ1n) is 4.28. The Kier molecular flexibility index (Phi) is 4.42. The van der Waals surface area contributed by atoms with Crippen LogP contribution in [0.5, 0.6) is 0 Å². The number of anilines is 1. The molecule has 0 saturated heterocycles. The molecule has 4 nitrogen and oxygen atoms in total. The van der Waals surface area contributed by atoms with Crippen molar-refractivity contribution in [1.29, 1.82) is 0 Å². The largest absolute Gasteiger partial charge is 0.357 e. The van der Waals surface area contributed by atoms with Gasteiger partial charge < -0.3 is 11.1 Å². The zero-order valence-electron chi connectivity index (χ0n) is 7.66. The van der Waals surface area contributed by atoms with Crippen LogP contribution in [0.3, 0.4) is 0 Å². The second-order valence-corrected chi connectivity index (χ2v) is 3.21. The molecule has 0 radical (unpaired) electrons. The molecule has 0 unspecified atom stereocenters. The first-order valence-corrected chi connectivity index (χ1v) is 5.05. The summed E-state index contributed by atoms with van der Waals surface area (Å²) in [6, 6.07) is 0. The maximum atomic E-state index is 5.29. The quantitative estimate of drug-likeness (QED) is 0.694. The lowest BCUT2D eigenvalue weighted by Crippen LogP contribution is -1.99. The molecule has 72 valence electrons. The van der Waals surface area contributed by atoms with Crippen LogP contribution in [0, 0.1) is 0 Å². The highest BCUT2D eigenvalue weighted by Gasteiger charge is 1.98. The van der Waals surface area contributed by atoms with Crippen molar-refractivity contribution in [2.45, 2.75) is 13.3 Å². The van der Waals surface area contributed by atoms with Crippen LogP contribution >= 0.6 is 11.5 Å². The van der Waals surface area contributed by atoms with E-state index in [-0.39, 0.29) is 0 Å². The molecular formula is C8H14N4S. The Balaban J connectivity index is 2.32. The predicted molar refractivity (Wildman–Crippen MR) is 56.0 cm³/mol. The monoisotopic (exact) mass is 198 g/mol. The number of nitrogens with zero attached hydrogens (tertiary/aromatic N) is 2. The molecule has 0 aliphatic rings. The van der Waals surface area contributed by atoms with Crippen LogP contribution in [0.15, 0.2) is 12.2 Å². The summed E-state index contributed by atoms with van der Waals surface area (Å²) in [5, 5.41) is 4.01. The molecule has 0 amide bonds.